The van der Waals surface area contributed by atoms with Crippen molar-refractivity contribution in [3.05, 3.63) is 35.9 Å². The average Bonchev–Trinajstić information content (AvgIpc) is 3.52. The summed E-state index contributed by atoms with van der Waals surface area (Å²) in [5, 5.41) is 5.45. The predicted molar refractivity (Wildman–Crippen MR) is 126 cm³/mol. The third-order valence-corrected chi connectivity index (χ3v) is 5.50. The quantitative estimate of drug-likeness (QED) is 0.481. The van der Waals surface area contributed by atoms with Crippen molar-refractivity contribution in [3.8, 4) is 0 Å². The first-order valence-corrected chi connectivity index (χ1v) is 11.9. The molecular weight excluding hydrogens is 454 g/mol. The molecule has 0 spiro atoms. The van der Waals surface area contributed by atoms with Gasteiger partial charge in [-0.15, -0.1) is 0 Å². The lowest BCUT2D eigenvalue weighted by molar-refractivity contribution is -0.156. The van der Waals surface area contributed by atoms with Gasteiger partial charge in [-0.05, 0) is 39.2 Å². The average molecular weight is 490 g/mol. The van der Waals surface area contributed by atoms with E-state index in [0.29, 0.717) is 19.6 Å². The van der Waals surface area contributed by atoms with Crippen molar-refractivity contribution in [2.75, 3.05) is 13.1 Å². The van der Waals surface area contributed by atoms with Gasteiger partial charge in [0.1, 0.15) is 11.7 Å². The van der Waals surface area contributed by atoms with E-state index in [4.69, 9.17) is 14.2 Å². The Kier molecular flexibility index (Phi) is 8.71. The number of carbonyl (C=O) groups is 4. The summed E-state index contributed by atoms with van der Waals surface area (Å²) in [6.45, 7) is 6.96. The Morgan fingerprint density at radius 1 is 1.11 bits per heavy atom. The highest BCUT2D eigenvalue weighted by molar-refractivity contribution is 5.86. The molecule has 2 N–H and O–H groups in total. The molecule has 1 unspecified atom stereocenters. The van der Waals surface area contributed by atoms with Crippen molar-refractivity contribution < 1.29 is 33.4 Å². The number of benzene rings is 1. The van der Waals surface area contributed by atoms with Gasteiger partial charge in [-0.3, -0.25) is 14.4 Å². The van der Waals surface area contributed by atoms with Crippen LogP contribution in [0.2, 0.25) is 0 Å². The van der Waals surface area contributed by atoms with Crippen LogP contribution in [0, 0.1) is 0 Å². The van der Waals surface area contributed by atoms with Crippen LogP contribution in [0.15, 0.2) is 30.3 Å². The van der Waals surface area contributed by atoms with Crippen molar-refractivity contribution in [2.24, 2.45) is 0 Å². The summed E-state index contributed by atoms with van der Waals surface area (Å²) in [7, 11) is 0. The molecule has 10 heteroatoms. The number of ether oxygens (including phenoxy) is 3. The summed E-state index contributed by atoms with van der Waals surface area (Å²) in [4.78, 5) is 51.8. The zero-order chi connectivity index (χ0) is 25.6. The molecule has 1 aliphatic heterocycles. The van der Waals surface area contributed by atoms with Crippen LogP contribution in [0.3, 0.4) is 0 Å². The minimum Gasteiger partial charge on any atom is -0.450 e. The molecule has 3 amide bonds. The third-order valence-electron chi connectivity index (χ3n) is 5.50. The van der Waals surface area contributed by atoms with Gasteiger partial charge in [-0.25, -0.2) is 4.79 Å². The molecule has 1 saturated carbocycles. The fraction of sp³-hybridized carbons (Fsp3) is 0.600. The zero-order valence-electron chi connectivity index (χ0n) is 20.7. The highest BCUT2D eigenvalue weighted by Gasteiger charge is 2.41. The summed E-state index contributed by atoms with van der Waals surface area (Å²) < 4.78 is 16.5. The van der Waals surface area contributed by atoms with Crippen LogP contribution in [-0.4, -0.2) is 71.8 Å². The van der Waals surface area contributed by atoms with Gasteiger partial charge in [0.2, 0.25) is 6.10 Å². The second-order valence-electron chi connectivity index (χ2n) is 9.92. The van der Waals surface area contributed by atoms with Gasteiger partial charge in [0.15, 0.2) is 0 Å². The number of nitrogens with one attached hydrogen (secondary N) is 2. The van der Waals surface area contributed by atoms with E-state index in [0.717, 1.165) is 18.4 Å². The van der Waals surface area contributed by atoms with E-state index >= 15 is 0 Å². The van der Waals surface area contributed by atoms with Gasteiger partial charge in [-0.2, -0.15) is 0 Å². The molecular formula is C25H35N3O7. The molecule has 0 bridgehead atoms. The highest BCUT2D eigenvalue weighted by Crippen LogP contribution is 2.21. The number of carbonyl (C=O) groups excluding carboxylic acids is 4. The molecule has 1 saturated heterocycles. The number of rotatable bonds is 10. The molecule has 1 aliphatic carbocycles. The van der Waals surface area contributed by atoms with Crippen LogP contribution in [0.5, 0.6) is 0 Å². The maximum absolute atomic E-state index is 13.0. The smallest absolute Gasteiger partial charge is 0.408 e. The lowest BCUT2D eigenvalue weighted by Gasteiger charge is -2.31. The van der Waals surface area contributed by atoms with E-state index in [9.17, 15) is 19.2 Å². The molecule has 3 rings (SSSR count). The van der Waals surface area contributed by atoms with Crippen LogP contribution in [0.1, 0.15) is 52.5 Å². The summed E-state index contributed by atoms with van der Waals surface area (Å²) in [5.41, 5.74) is 0.177. The fourth-order valence-electron chi connectivity index (χ4n) is 3.74. The van der Waals surface area contributed by atoms with Crippen LogP contribution < -0.4 is 10.6 Å². The molecule has 3 atom stereocenters. The van der Waals surface area contributed by atoms with E-state index in [1.54, 1.807) is 20.8 Å². The normalized spacial score (nSPS) is 19.6. The Morgan fingerprint density at radius 3 is 2.40 bits per heavy atom. The van der Waals surface area contributed by atoms with Crippen molar-refractivity contribution in [1.29, 1.82) is 0 Å². The standard InChI is InChI=1S/C25H35N3O7/c1-16(29)34-21(22(30)26-18-10-11-18)19(27-24(32)35-25(2,3)4)14-28-13-12-20(23(28)31)33-15-17-8-6-5-7-9-17/h5-9,18-21H,10-15H2,1-4H3,(H,26,30)(H,27,32)/t19-,20-,21?/m0/s1. The fourth-order valence-corrected chi connectivity index (χ4v) is 3.74. The number of amides is 3. The highest BCUT2D eigenvalue weighted by atomic mass is 16.6. The van der Waals surface area contributed by atoms with Crippen LogP contribution in [0.25, 0.3) is 0 Å². The lowest BCUT2D eigenvalue weighted by Crippen LogP contribution is -2.58. The minimum absolute atomic E-state index is 0.0203. The monoisotopic (exact) mass is 489 g/mol. The van der Waals surface area contributed by atoms with Crippen molar-refractivity contribution in [1.82, 2.24) is 15.5 Å². The first-order valence-electron chi connectivity index (χ1n) is 11.9. The van der Waals surface area contributed by atoms with E-state index in [1.165, 1.54) is 11.8 Å². The van der Waals surface area contributed by atoms with Gasteiger partial charge in [-0.1, -0.05) is 30.3 Å². The summed E-state index contributed by atoms with van der Waals surface area (Å²) in [6.07, 6.45) is -0.580. The molecule has 1 aromatic carbocycles. The number of nitrogens with zero attached hydrogens (tertiary/aromatic N) is 1. The molecule has 192 valence electrons. The molecule has 1 aromatic rings. The molecule has 0 radical (unpaired) electrons. The molecule has 1 heterocycles. The van der Waals surface area contributed by atoms with Gasteiger partial charge < -0.3 is 29.7 Å². The number of hydrogen-bond donors (Lipinski definition) is 2. The third kappa shape index (κ3) is 8.54. The first-order chi connectivity index (χ1) is 16.5. The zero-order valence-corrected chi connectivity index (χ0v) is 20.7. The predicted octanol–water partition coefficient (Wildman–Crippen LogP) is 1.91. The summed E-state index contributed by atoms with van der Waals surface area (Å²) >= 11 is 0. The summed E-state index contributed by atoms with van der Waals surface area (Å²) in [5.74, 6) is -1.44. The van der Waals surface area contributed by atoms with Crippen LogP contribution in [-0.2, 0) is 35.2 Å². The van der Waals surface area contributed by atoms with Crippen LogP contribution in [0.4, 0.5) is 4.79 Å². The van der Waals surface area contributed by atoms with E-state index in [2.05, 4.69) is 10.6 Å². The SMILES string of the molecule is CC(=O)OC(C(=O)NC1CC1)[C@H](CN1CC[C@H](OCc2ccccc2)C1=O)NC(=O)OC(C)(C)C. The second-order valence-corrected chi connectivity index (χ2v) is 9.92. The minimum atomic E-state index is -1.32. The van der Waals surface area contributed by atoms with Gasteiger partial charge in [0.05, 0.1) is 12.6 Å². The Hall–Kier alpha value is -3.14. The molecule has 2 fully saturated rings. The van der Waals surface area contributed by atoms with Gasteiger partial charge >= 0.3 is 12.1 Å². The molecule has 35 heavy (non-hydrogen) atoms. The topological polar surface area (TPSA) is 123 Å². The van der Waals surface area contributed by atoms with E-state index in [-0.39, 0.29) is 18.5 Å². The molecule has 10 nitrogen and oxygen atoms in total. The second kappa shape index (κ2) is 11.5. The van der Waals surface area contributed by atoms with Crippen molar-refractivity contribution >= 4 is 23.9 Å². The van der Waals surface area contributed by atoms with Gasteiger partial charge in [0.25, 0.3) is 11.8 Å². The van der Waals surface area contributed by atoms with Crippen LogP contribution >= 0.6 is 0 Å². The van der Waals surface area contributed by atoms with Crippen molar-refractivity contribution in [2.45, 2.75) is 83.5 Å². The Balaban J connectivity index is 1.70. The number of alkyl carbamates (subject to hydrolysis) is 1. The molecule has 0 aromatic heterocycles. The Morgan fingerprint density at radius 2 is 1.80 bits per heavy atom. The maximum Gasteiger partial charge on any atom is 0.408 e. The number of likely N-dealkylation sites (tertiary alicyclic amines) is 1. The van der Waals surface area contributed by atoms with Crippen molar-refractivity contribution in [3.63, 3.8) is 0 Å². The molecule has 2 aliphatic rings. The lowest BCUT2D eigenvalue weighted by atomic mass is 10.1. The number of esters is 1. The van der Waals surface area contributed by atoms with E-state index in [1.807, 2.05) is 30.3 Å². The Labute approximate surface area is 205 Å². The first kappa shape index (κ1) is 26.5. The number of hydrogen-bond acceptors (Lipinski definition) is 7. The van der Waals surface area contributed by atoms with Gasteiger partial charge in [0, 0.05) is 32.5 Å². The Bertz CT molecular complexity index is 911. The summed E-state index contributed by atoms with van der Waals surface area (Å²) in [6, 6.07) is 8.55. The largest absolute Gasteiger partial charge is 0.450 e. The maximum atomic E-state index is 13.0. The van der Waals surface area contributed by atoms with E-state index < -0.39 is 41.8 Å².